The van der Waals surface area contributed by atoms with Gasteiger partial charge in [-0.25, -0.2) is 0 Å². The second-order valence-electron chi connectivity index (χ2n) is 6.27. The van der Waals surface area contributed by atoms with Crippen LogP contribution in [0.1, 0.15) is 36.6 Å². The fourth-order valence-electron chi connectivity index (χ4n) is 2.84. The number of aliphatic hydroxyl groups is 1. The monoisotopic (exact) mass is 295 g/mol. The van der Waals surface area contributed by atoms with Crippen LogP contribution in [0.5, 0.6) is 5.75 Å². The molecular formula is C19H21NO2. The molecule has 0 saturated carbocycles. The number of rotatable bonds is 2. The summed E-state index contributed by atoms with van der Waals surface area (Å²) in [6.45, 7) is 7.86. The smallest absolute Gasteiger partial charge is 0.131 e. The van der Waals surface area contributed by atoms with Gasteiger partial charge in [0.1, 0.15) is 17.5 Å². The first-order chi connectivity index (χ1) is 10.4. The summed E-state index contributed by atoms with van der Waals surface area (Å²) in [7, 11) is 0. The van der Waals surface area contributed by atoms with Crippen molar-refractivity contribution in [2.24, 2.45) is 5.73 Å². The molecule has 0 amide bonds. The number of hydrogen-bond donors (Lipinski definition) is 2. The van der Waals surface area contributed by atoms with Gasteiger partial charge in [-0.1, -0.05) is 43.0 Å². The maximum atomic E-state index is 10.3. The zero-order chi connectivity index (χ0) is 15.9. The summed E-state index contributed by atoms with van der Waals surface area (Å²) in [5.74, 6) is 0.729. The highest BCUT2D eigenvalue weighted by molar-refractivity contribution is 5.78. The Morgan fingerprint density at radius 2 is 1.82 bits per heavy atom. The van der Waals surface area contributed by atoms with Crippen LogP contribution in [-0.2, 0) is 0 Å². The summed E-state index contributed by atoms with van der Waals surface area (Å²) in [6.07, 6.45) is -0.750. The molecule has 0 radical (unpaired) electrons. The second-order valence-corrected chi connectivity index (χ2v) is 6.27. The van der Waals surface area contributed by atoms with Gasteiger partial charge >= 0.3 is 0 Å². The van der Waals surface area contributed by atoms with Crippen LogP contribution in [0.25, 0.3) is 5.57 Å². The minimum Gasteiger partial charge on any atom is -0.485 e. The molecule has 0 saturated heterocycles. The molecule has 0 bridgehead atoms. The number of hydrogen-bond acceptors (Lipinski definition) is 3. The van der Waals surface area contributed by atoms with E-state index in [9.17, 15) is 5.11 Å². The highest BCUT2D eigenvalue weighted by atomic mass is 16.5. The van der Waals surface area contributed by atoms with E-state index in [0.29, 0.717) is 0 Å². The van der Waals surface area contributed by atoms with Gasteiger partial charge in [-0.15, -0.1) is 0 Å². The Bertz CT molecular complexity index is 707. The molecule has 1 heterocycles. The Morgan fingerprint density at radius 1 is 1.14 bits per heavy atom. The summed E-state index contributed by atoms with van der Waals surface area (Å²) in [6, 6.07) is 15.4. The number of aliphatic hydroxyl groups excluding tert-OH is 1. The number of nitrogens with two attached hydrogens (primary N) is 1. The fraction of sp³-hybridized carbons (Fsp3) is 0.263. The lowest BCUT2D eigenvalue weighted by molar-refractivity contribution is -0.0571. The van der Waals surface area contributed by atoms with Gasteiger partial charge in [0.2, 0.25) is 0 Å². The van der Waals surface area contributed by atoms with Gasteiger partial charge in [0, 0.05) is 5.56 Å². The van der Waals surface area contributed by atoms with Crippen molar-refractivity contribution in [2.75, 3.05) is 0 Å². The van der Waals surface area contributed by atoms with E-state index in [0.717, 1.165) is 28.0 Å². The molecule has 1 aliphatic rings. The summed E-state index contributed by atoms with van der Waals surface area (Å²) in [4.78, 5) is 0. The Hall–Kier alpha value is -2.10. The predicted octanol–water partition coefficient (Wildman–Crippen LogP) is 3.28. The zero-order valence-corrected chi connectivity index (χ0v) is 12.9. The molecule has 1 aliphatic heterocycles. The Kier molecular flexibility index (Phi) is 3.55. The van der Waals surface area contributed by atoms with Crippen molar-refractivity contribution in [3.63, 3.8) is 0 Å². The van der Waals surface area contributed by atoms with Crippen LogP contribution in [0.4, 0.5) is 0 Å². The molecule has 0 unspecified atom stereocenters. The first-order valence-corrected chi connectivity index (χ1v) is 7.41. The van der Waals surface area contributed by atoms with E-state index >= 15 is 0 Å². The summed E-state index contributed by atoms with van der Waals surface area (Å²) in [5, 5.41) is 10.3. The van der Waals surface area contributed by atoms with Crippen LogP contribution in [0.3, 0.4) is 0 Å². The van der Waals surface area contributed by atoms with Gasteiger partial charge in [0.25, 0.3) is 0 Å². The van der Waals surface area contributed by atoms with Crippen molar-refractivity contribution < 1.29 is 9.84 Å². The first kappa shape index (κ1) is 14.8. The molecule has 0 spiro atoms. The third-order valence-corrected chi connectivity index (χ3v) is 4.27. The van der Waals surface area contributed by atoms with E-state index in [1.54, 1.807) is 0 Å². The maximum Gasteiger partial charge on any atom is 0.131 e. The molecule has 2 aromatic rings. The molecule has 2 atom stereocenters. The van der Waals surface area contributed by atoms with Crippen molar-refractivity contribution in [2.45, 2.75) is 31.6 Å². The lowest BCUT2D eigenvalue weighted by atomic mass is 9.85. The Labute approximate surface area is 131 Å². The molecule has 22 heavy (non-hydrogen) atoms. The molecule has 3 rings (SSSR count). The third-order valence-electron chi connectivity index (χ3n) is 4.27. The van der Waals surface area contributed by atoms with E-state index in [-0.39, 0.29) is 0 Å². The molecule has 3 nitrogen and oxygen atoms in total. The fourth-order valence-corrected chi connectivity index (χ4v) is 2.84. The molecule has 3 N–H and O–H groups in total. The topological polar surface area (TPSA) is 55.5 Å². The summed E-state index contributed by atoms with van der Waals surface area (Å²) in [5.41, 5.74) is 9.32. The molecule has 0 aromatic heterocycles. The average Bonchev–Trinajstić information content (AvgIpc) is 2.52. The van der Waals surface area contributed by atoms with Crippen LogP contribution >= 0.6 is 0 Å². The van der Waals surface area contributed by atoms with Gasteiger partial charge in [-0.2, -0.15) is 0 Å². The molecule has 0 fully saturated rings. The van der Waals surface area contributed by atoms with Gasteiger partial charge in [0.05, 0.1) is 6.04 Å². The zero-order valence-electron chi connectivity index (χ0n) is 12.9. The van der Waals surface area contributed by atoms with Crippen LogP contribution in [0.2, 0.25) is 0 Å². The van der Waals surface area contributed by atoms with Crippen molar-refractivity contribution in [1.82, 2.24) is 0 Å². The molecule has 0 aliphatic carbocycles. The van der Waals surface area contributed by atoms with E-state index in [1.165, 1.54) is 0 Å². The highest BCUT2D eigenvalue weighted by Gasteiger charge is 2.41. The normalized spacial score (nSPS) is 22.5. The lowest BCUT2D eigenvalue weighted by Gasteiger charge is -2.40. The third kappa shape index (κ3) is 2.43. The lowest BCUT2D eigenvalue weighted by Crippen LogP contribution is -2.51. The van der Waals surface area contributed by atoms with Crippen LogP contribution in [0.15, 0.2) is 55.1 Å². The SMILES string of the molecule is C=C(c1ccccc1)c1ccc2c(c1)[C@@H](N)[C@H](O)C(C)(C)O2. The standard InChI is InChI=1S/C19H21NO2/c1-12(13-7-5-4-6-8-13)14-9-10-16-15(11-14)17(20)18(21)19(2,3)22-16/h4-11,17-18,21H,1,20H2,2-3H3/t17-,18+/m1/s1. The van der Waals surface area contributed by atoms with E-state index < -0.39 is 17.7 Å². The van der Waals surface area contributed by atoms with E-state index in [4.69, 9.17) is 10.5 Å². The van der Waals surface area contributed by atoms with Crippen LogP contribution < -0.4 is 10.5 Å². The average molecular weight is 295 g/mol. The predicted molar refractivity (Wildman–Crippen MR) is 88.7 cm³/mol. The maximum absolute atomic E-state index is 10.3. The molecule has 2 aromatic carbocycles. The van der Waals surface area contributed by atoms with E-state index in [1.807, 2.05) is 62.4 Å². The van der Waals surface area contributed by atoms with Crippen LogP contribution in [0, 0.1) is 0 Å². The summed E-state index contributed by atoms with van der Waals surface area (Å²) < 4.78 is 5.88. The van der Waals surface area contributed by atoms with Gasteiger partial charge in [0.15, 0.2) is 0 Å². The van der Waals surface area contributed by atoms with Gasteiger partial charge in [-0.05, 0) is 42.7 Å². The van der Waals surface area contributed by atoms with Gasteiger partial charge in [-0.3, -0.25) is 0 Å². The van der Waals surface area contributed by atoms with Crippen molar-refractivity contribution in [3.8, 4) is 5.75 Å². The number of ether oxygens (including phenoxy) is 1. The minimum absolute atomic E-state index is 0.470. The largest absolute Gasteiger partial charge is 0.485 e. The number of fused-ring (bicyclic) bond motifs is 1. The highest BCUT2D eigenvalue weighted by Crippen LogP contribution is 2.40. The van der Waals surface area contributed by atoms with Crippen molar-refractivity contribution >= 4 is 5.57 Å². The number of benzene rings is 2. The van der Waals surface area contributed by atoms with Crippen molar-refractivity contribution in [3.05, 3.63) is 71.8 Å². The molecule has 114 valence electrons. The Morgan fingerprint density at radius 3 is 2.50 bits per heavy atom. The molecular weight excluding hydrogens is 274 g/mol. The van der Waals surface area contributed by atoms with Crippen molar-refractivity contribution in [1.29, 1.82) is 0 Å². The minimum atomic E-state index is -0.750. The first-order valence-electron chi connectivity index (χ1n) is 7.41. The van der Waals surface area contributed by atoms with Crippen LogP contribution in [-0.4, -0.2) is 16.8 Å². The Balaban J connectivity index is 2.00. The van der Waals surface area contributed by atoms with Gasteiger partial charge < -0.3 is 15.6 Å². The summed E-state index contributed by atoms with van der Waals surface area (Å²) >= 11 is 0. The second kappa shape index (κ2) is 5.27. The quantitative estimate of drug-likeness (QED) is 0.894. The molecule has 3 heteroatoms. The van der Waals surface area contributed by atoms with E-state index in [2.05, 4.69) is 6.58 Å².